The van der Waals surface area contributed by atoms with Gasteiger partial charge in [0.15, 0.2) is 0 Å². The second-order valence-corrected chi connectivity index (χ2v) is 3.66. The summed E-state index contributed by atoms with van der Waals surface area (Å²) < 4.78 is 17.8. The molecule has 1 rings (SSSR count). The van der Waals surface area contributed by atoms with Gasteiger partial charge in [-0.1, -0.05) is 0 Å². The van der Waals surface area contributed by atoms with E-state index in [4.69, 9.17) is 5.11 Å². The molecule has 9 heteroatoms. The molecule has 2 N–H and O–H groups in total. The third kappa shape index (κ3) is 4.98. The number of carboxylic acid groups (broad SMARTS) is 1. The summed E-state index contributed by atoms with van der Waals surface area (Å²) in [6.07, 6.45) is 0. The zero-order valence-electron chi connectivity index (χ0n) is 10.2. The van der Waals surface area contributed by atoms with Crippen LogP contribution >= 0.6 is 0 Å². The zero-order valence-corrected chi connectivity index (χ0v) is 10.2. The van der Waals surface area contributed by atoms with E-state index >= 15 is 0 Å². The molecule has 0 aromatic heterocycles. The lowest BCUT2D eigenvalue weighted by Gasteiger charge is -2.05. The van der Waals surface area contributed by atoms with Gasteiger partial charge in [-0.15, -0.1) is 0 Å². The standard InChI is InChI=1S/C11H11FN2O6/c12-8-3-7(4-9(5-8)14(18)19)11(17)13-1-2-20-6-10(15)16/h3-5H,1-2,6H2,(H,13,17)(H,15,16). The minimum atomic E-state index is -1.14. The topological polar surface area (TPSA) is 119 Å². The summed E-state index contributed by atoms with van der Waals surface area (Å²) in [5.74, 6) is -2.75. The summed E-state index contributed by atoms with van der Waals surface area (Å²) in [4.78, 5) is 31.4. The fourth-order valence-corrected chi connectivity index (χ4v) is 1.31. The van der Waals surface area contributed by atoms with Crippen molar-refractivity contribution in [2.24, 2.45) is 0 Å². The number of non-ortho nitro benzene ring substituents is 1. The van der Waals surface area contributed by atoms with Crippen LogP contribution < -0.4 is 5.32 Å². The first-order valence-electron chi connectivity index (χ1n) is 5.43. The van der Waals surface area contributed by atoms with Crippen molar-refractivity contribution in [1.82, 2.24) is 5.32 Å². The molecule has 0 aliphatic heterocycles. The van der Waals surface area contributed by atoms with E-state index in [1.165, 1.54) is 0 Å². The van der Waals surface area contributed by atoms with Crippen molar-refractivity contribution in [2.75, 3.05) is 19.8 Å². The number of amides is 1. The van der Waals surface area contributed by atoms with Crippen LogP contribution in [0.15, 0.2) is 18.2 Å². The Morgan fingerprint density at radius 3 is 2.70 bits per heavy atom. The molecule has 1 aromatic carbocycles. The van der Waals surface area contributed by atoms with Crippen LogP contribution in [0.25, 0.3) is 0 Å². The van der Waals surface area contributed by atoms with E-state index in [0.717, 1.165) is 12.1 Å². The van der Waals surface area contributed by atoms with Gasteiger partial charge in [-0.2, -0.15) is 0 Å². The maximum atomic E-state index is 13.1. The van der Waals surface area contributed by atoms with E-state index in [1.807, 2.05) is 0 Å². The van der Waals surface area contributed by atoms with Gasteiger partial charge in [0.2, 0.25) is 0 Å². The van der Waals surface area contributed by atoms with Crippen LogP contribution in [-0.2, 0) is 9.53 Å². The van der Waals surface area contributed by atoms with Crippen molar-refractivity contribution >= 4 is 17.6 Å². The molecule has 1 aromatic rings. The predicted octanol–water partition coefficient (Wildman–Crippen LogP) is 0.565. The Bertz CT molecular complexity index is 534. The third-order valence-corrected chi connectivity index (χ3v) is 2.11. The Balaban J connectivity index is 2.55. The van der Waals surface area contributed by atoms with Gasteiger partial charge in [0, 0.05) is 18.2 Å². The minimum absolute atomic E-state index is 0.00355. The Morgan fingerprint density at radius 2 is 2.10 bits per heavy atom. The molecule has 0 bridgehead atoms. The minimum Gasteiger partial charge on any atom is -0.480 e. The van der Waals surface area contributed by atoms with E-state index in [0.29, 0.717) is 6.07 Å². The number of ether oxygens (including phenoxy) is 1. The Kier molecular flexibility index (Phi) is 5.54. The Morgan fingerprint density at radius 1 is 1.40 bits per heavy atom. The van der Waals surface area contributed by atoms with E-state index in [1.54, 1.807) is 0 Å². The molecule has 108 valence electrons. The number of nitro benzene ring substituents is 1. The number of nitrogens with zero attached hydrogens (tertiary/aromatic N) is 1. The van der Waals surface area contributed by atoms with E-state index < -0.39 is 34.9 Å². The Labute approximate surface area is 112 Å². The molecule has 8 nitrogen and oxygen atoms in total. The lowest BCUT2D eigenvalue weighted by atomic mass is 10.2. The first-order valence-corrected chi connectivity index (χ1v) is 5.43. The number of aliphatic carboxylic acids is 1. The smallest absolute Gasteiger partial charge is 0.329 e. The maximum absolute atomic E-state index is 13.1. The highest BCUT2D eigenvalue weighted by atomic mass is 19.1. The van der Waals surface area contributed by atoms with Gasteiger partial charge in [0.05, 0.1) is 17.6 Å². The van der Waals surface area contributed by atoms with Gasteiger partial charge in [0.1, 0.15) is 12.4 Å². The van der Waals surface area contributed by atoms with Gasteiger partial charge in [-0.05, 0) is 6.07 Å². The highest BCUT2D eigenvalue weighted by Crippen LogP contribution is 2.16. The van der Waals surface area contributed by atoms with Crippen LogP contribution in [0.3, 0.4) is 0 Å². The summed E-state index contributed by atoms with van der Waals surface area (Å²) in [6, 6.07) is 2.50. The van der Waals surface area contributed by atoms with E-state index in [2.05, 4.69) is 10.1 Å². The van der Waals surface area contributed by atoms with Crippen molar-refractivity contribution in [3.63, 3.8) is 0 Å². The number of benzene rings is 1. The van der Waals surface area contributed by atoms with Crippen LogP contribution in [0.5, 0.6) is 0 Å². The lowest BCUT2D eigenvalue weighted by molar-refractivity contribution is -0.385. The quantitative estimate of drug-likeness (QED) is 0.429. The van der Waals surface area contributed by atoms with Crippen molar-refractivity contribution < 1.29 is 28.7 Å². The molecule has 0 fully saturated rings. The molecule has 0 heterocycles. The number of carboxylic acids is 1. The molecule has 0 unspecified atom stereocenters. The van der Waals surface area contributed by atoms with Crippen molar-refractivity contribution in [3.8, 4) is 0 Å². The van der Waals surface area contributed by atoms with Crippen LogP contribution in [0.4, 0.5) is 10.1 Å². The molecule has 20 heavy (non-hydrogen) atoms. The number of carbonyl (C=O) groups excluding carboxylic acids is 1. The Hall–Kier alpha value is -2.55. The highest BCUT2D eigenvalue weighted by Gasteiger charge is 2.14. The van der Waals surface area contributed by atoms with Gasteiger partial charge in [0.25, 0.3) is 11.6 Å². The number of rotatable bonds is 7. The summed E-state index contributed by atoms with van der Waals surface area (Å²) in [5, 5.41) is 21.1. The van der Waals surface area contributed by atoms with Crippen LogP contribution in [0, 0.1) is 15.9 Å². The van der Waals surface area contributed by atoms with Crippen molar-refractivity contribution in [1.29, 1.82) is 0 Å². The van der Waals surface area contributed by atoms with E-state index in [-0.39, 0.29) is 18.7 Å². The number of nitrogens with one attached hydrogen (secondary N) is 1. The number of hydrogen-bond acceptors (Lipinski definition) is 5. The second kappa shape index (κ2) is 7.14. The van der Waals surface area contributed by atoms with Crippen molar-refractivity contribution in [2.45, 2.75) is 0 Å². The summed E-state index contributed by atoms with van der Waals surface area (Å²) >= 11 is 0. The van der Waals surface area contributed by atoms with Gasteiger partial charge in [-0.3, -0.25) is 14.9 Å². The van der Waals surface area contributed by atoms with Crippen LogP contribution in [0.1, 0.15) is 10.4 Å². The molecule has 0 saturated heterocycles. The normalized spacial score (nSPS) is 10.1. The van der Waals surface area contributed by atoms with E-state index in [9.17, 15) is 24.1 Å². The van der Waals surface area contributed by atoms with Crippen molar-refractivity contribution in [3.05, 3.63) is 39.7 Å². The average molecular weight is 286 g/mol. The highest BCUT2D eigenvalue weighted by molar-refractivity contribution is 5.94. The largest absolute Gasteiger partial charge is 0.480 e. The predicted molar refractivity (Wildman–Crippen MR) is 63.8 cm³/mol. The molecular formula is C11H11FN2O6. The third-order valence-electron chi connectivity index (χ3n) is 2.11. The van der Waals surface area contributed by atoms with Crippen LogP contribution in [-0.4, -0.2) is 41.7 Å². The fraction of sp³-hybridized carbons (Fsp3) is 0.273. The summed E-state index contributed by atoms with van der Waals surface area (Å²) in [6.45, 7) is -0.548. The molecule has 0 aliphatic carbocycles. The van der Waals surface area contributed by atoms with Gasteiger partial charge >= 0.3 is 5.97 Å². The first-order chi connectivity index (χ1) is 9.40. The number of carbonyl (C=O) groups is 2. The summed E-state index contributed by atoms with van der Waals surface area (Å²) in [5.41, 5.74) is -0.729. The first kappa shape index (κ1) is 15.5. The fourth-order valence-electron chi connectivity index (χ4n) is 1.31. The molecule has 0 aliphatic rings. The monoisotopic (exact) mass is 286 g/mol. The number of halogens is 1. The summed E-state index contributed by atoms with van der Waals surface area (Å²) in [7, 11) is 0. The lowest BCUT2D eigenvalue weighted by Crippen LogP contribution is -2.28. The zero-order chi connectivity index (χ0) is 15.1. The van der Waals surface area contributed by atoms with Crippen LogP contribution in [0.2, 0.25) is 0 Å². The molecule has 0 spiro atoms. The number of hydrogen-bond donors (Lipinski definition) is 2. The number of nitro groups is 1. The average Bonchev–Trinajstić information content (AvgIpc) is 2.36. The molecule has 0 radical (unpaired) electrons. The molecular weight excluding hydrogens is 275 g/mol. The molecule has 0 atom stereocenters. The maximum Gasteiger partial charge on any atom is 0.329 e. The van der Waals surface area contributed by atoms with Gasteiger partial charge in [-0.25, -0.2) is 9.18 Å². The molecule has 0 saturated carbocycles. The van der Waals surface area contributed by atoms with Gasteiger partial charge < -0.3 is 15.2 Å². The SMILES string of the molecule is O=C(O)COCCNC(=O)c1cc(F)cc([N+](=O)[O-])c1. The molecule has 1 amide bonds. The second-order valence-electron chi connectivity index (χ2n) is 3.66.